The predicted octanol–water partition coefficient (Wildman–Crippen LogP) is 3.58. The third-order valence-electron chi connectivity index (χ3n) is 3.14. The number of hydrogen-bond donors (Lipinski definition) is 0. The Morgan fingerprint density at radius 3 is 2.75 bits per heavy atom. The van der Waals surface area contributed by atoms with E-state index < -0.39 is 0 Å². The number of nitriles is 1. The van der Waals surface area contributed by atoms with Gasteiger partial charge in [0.15, 0.2) is 5.82 Å². The lowest BCUT2D eigenvalue weighted by Crippen LogP contribution is -2.08. The van der Waals surface area contributed by atoms with Crippen molar-refractivity contribution in [2.24, 2.45) is 0 Å². The number of hydrogen-bond acceptors (Lipinski definition) is 3. The molecular weight excluding hydrogens is 272 g/mol. The van der Waals surface area contributed by atoms with Crippen LogP contribution in [-0.4, -0.2) is 14.8 Å². The summed E-state index contributed by atoms with van der Waals surface area (Å²) in [6, 6.07) is 9.67. The quantitative estimate of drug-likeness (QED) is 0.816. The molecule has 0 amide bonds. The number of benzene rings is 1. The number of rotatable bonds is 6. The standard InChI is InChI=1S/C15H17ClN4/c1-2-3-4-15-18-11-20(19-15)10-13(9-17)12-5-7-14(16)8-6-12/h5-8,11,13H,2-4,10H2,1H3. The van der Waals surface area contributed by atoms with Gasteiger partial charge in [0.1, 0.15) is 6.33 Å². The van der Waals surface area contributed by atoms with E-state index in [9.17, 15) is 5.26 Å². The van der Waals surface area contributed by atoms with Crippen LogP contribution in [0.1, 0.15) is 37.1 Å². The molecule has 1 aromatic heterocycles. The van der Waals surface area contributed by atoms with E-state index in [1.165, 1.54) is 0 Å². The van der Waals surface area contributed by atoms with Crippen molar-refractivity contribution < 1.29 is 0 Å². The number of unbranched alkanes of at least 4 members (excludes halogenated alkanes) is 1. The highest BCUT2D eigenvalue weighted by molar-refractivity contribution is 6.30. The Morgan fingerprint density at radius 1 is 1.35 bits per heavy atom. The third-order valence-corrected chi connectivity index (χ3v) is 3.39. The summed E-state index contributed by atoms with van der Waals surface area (Å²) in [6.07, 6.45) is 4.80. The van der Waals surface area contributed by atoms with Gasteiger partial charge >= 0.3 is 0 Å². The van der Waals surface area contributed by atoms with Gasteiger partial charge < -0.3 is 0 Å². The molecule has 0 aliphatic rings. The Balaban J connectivity index is 2.05. The van der Waals surface area contributed by atoms with Crippen LogP contribution >= 0.6 is 11.6 Å². The van der Waals surface area contributed by atoms with Crippen molar-refractivity contribution in [1.29, 1.82) is 5.26 Å². The minimum Gasteiger partial charge on any atom is -0.251 e. The molecule has 0 spiro atoms. The van der Waals surface area contributed by atoms with Crippen LogP contribution < -0.4 is 0 Å². The van der Waals surface area contributed by atoms with E-state index in [0.29, 0.717) is 11.6 Å². The van der Waals surface area contributed by atoms with Gasteiger partial charge in [0.05, 0.1) is 18.5 Å². The average molecular weight is 289 g/mol. The second kappa shape index (κ2) is 7.06. The molecule has 1 atom stereocenters. The van der Waals surface area contributed by atoms with E-state index in [4.69, 9.17) is 11.6 Å². The summed E-state index contributed by atoms with van der Waals surface area (Å²) in [5.74, 6) is 0.604. The highest BCUT2D eigenvalue weighted by Gasteiger charge is 2.12. The van der Waals surface area contributed by atoms with E-state index in [1.807, 2.05) is 12.1 Å². The molecule has 20 heavy (non-hydrogen) atoms. The maximum absolute atomic E-state index is 9.31. The normalized spacial score (nSPS) is 12.1. The Morgan fingerprint density at radius 2 is 2.10 bits per heavy atom. The second-order valence-corrected chi connectivity index (χ2v) is 5.16. The number of nitrogens with zero attached hydrogens (tertiary/aromatic N) is 4. The molecule has 0 fully saturated rings. The number of aromatic nitrogens is 3. The van der Waals surface area contributed by atoms with Crippen LogP contribution in [0.5, 0.6) is 0 Å². The predicted molar refractivity (Wildman–Crippen MR) is 78.4 cm³/mol. The number of aryl methyl sites for hydroxylation is 1. The van der Waals surface area contributed by atoms with Crippen molar-refractivity contribution in [3.63, 3.8) is 0 Å². The lowest BCUT2D eigenvalue weighted by molar-refractivity contribution is 0.569. The van der Waals surface area contributed by atoms with Crippen molar-refractivity contribution in [2.75, 3.05) is 0 Å². The van der Waals surface area contributed by atoms with Gasteiger partial charge in [-0.15, -0.1) is 0 Å². The monoisotopic (exact) mass is 288 g/mol. The molecule has 0 bridgehead atoms. The minimum atomic E-state index is -0.243. The van der Waals surface area contributed by atoms with Crippen LogP contribution in [0.3, 0.4) is 0 Å². The van der Waals surface area contributed by atoms with Gasteiger partial charge in [0, 0.05) is 11.4 Å². The molecule has 2 rings (SSSR count). The summed E-state index contributed by atoms with van der Waals surface area (Å²) >= 11 is 5.86. The SMILES string of the molecule is CCCCc1ncn(CC(C#N)c2ccc(Cl)cc2)n1. The summed E-state index contributed by atoms with van der Waals surface area (Å²) < 4.78 is 1.74. The van der Waals surface area contributed by atoms with Gasteiger partial charge in [-0.3, -0.25) is 4.68 Å². The highest BCUT2D eigenvalue weighted by atomic mass is 35.5. The molecule has 4 nitrogen and oxygen atoms in total. The summed E-state index contributed by atoms with van der Waals surface area (Å²) in [5, 5.41) is 14.4. The molecule has 0 saturated heterocycles. The summed E-state index contributed by atoms with van der Waals surface area (Å²) in [6.45, 7) is 2.65. The Labute approximate surface area is 124 Å². The second-order valence-electron chi connectivity index (χ2n) is 4.72. The maximum atomic E-state index is 9.31. The van der Waals surface area contributed by atoms with Gasteiger partial charge in [-0.1, -0.05) is 37.1 Å². The lowest BCUT2D eigenvalue weighted by atomic mass is 10.0. The van der Waals surface area contributed by atoms with Crippen molar-refractivity contribution in [2.45, 2.75) is 38.6 Å². The van der Waals surface area contributed by atoms with E-state index in [2.05, 4.69) is 23.1 Å². The van der Waals surface area contributed by atoms with E-state index in [1.54, 1.807) is 23.1 Å². The summed E-state index contributed by atoms with van der Waals surface area (Å²) in [7, 11) is 0. The van der Waals surface area contributed by atoms with Crippen LogP contribution in [0.2, 0.25) is 5.02 Å². The average Bonchev–Trinajstić information content (AvgIpc) is 2.91. The Bertz CT molecular complexity index is 583. The zero-order chi connectivity index (χ0) is 14.4. The van der Waals surface area contributed by atoms with Crippen LogP contribution in [0, 0.1) is 11.3 Å². The van der Waals surface area contributed by atoms with Gasteiger partial charge in [-0.05, 0) is 24.1 Å². The Kier molecular flexibility index (Phi) is 5.14. The van der Waals surface area contributed by atoms with Gasteiger partial charge in [-0.25, -0.2) is 4.98 Å². The van der Waals surface area contributed by atoms with Crippen LogP contribution in [0.25, 0.3) is 0 Å². The molecular formula is C15H17ClN4. The van der Waals surface area contributed by atoms with Crippen molar-refractivity contribution in [3.8, 4) is 6.07 Å². The minimum absolute atomic E-state index is 0.243. The first-order chi connectivity index (χ1) is 9.72. The molecule has 0 N–H and O–H groups in total. The van der Waals surface area contributed by atoms with Crippen LogP contribution in [-0.2, 0) is 13.0 Å². The zero-order valence-electron chi connectivity index (χ0n) is 11.5. The Hall–Kier alpha value is -1.86. The first-order valence-electron chi connectivity index (χ1n) is 6.76. The third kappa shape index (κ3) is 3.82. The van der Waals surface area contributed by atoms with E-state index >= 15 is 0 Å². The smallest absolute Gasteiger partial charge is 0.150 e. The molecule has 0 radical (unpaired) electrons. The van der Waals surface area contributed by atoms with Gasteiger partial charge in [0.2, 0.25) is 0 Å². The lowest BCUT2D eigenvalue weighted by Gasteiger charge is -2.09. The molecule has 1 heterocycles. The molecule has 2 aromatic rings. The molecule has 5 heteroatoms. The summed E-state index contributed by atoms with van der Waals surface area (Å²) in [4.78, 5) is 4.27. The number of halogens is 1. The molecule has 1 aromatic carbocycles. The summed E-state index contributed by atoms with van der Waals surface area (Å²) in [5.41, 5.74) is 0.947. The van der Waals surface area contributed by atoms with Crippen molar-refractivity contribution >= 4 is 11.6 Å². The molecule has 0 aliphatic heterocycles. The first kappa shape index (κ1) is 14.5. The highest BCUT2D eigenvalue weighted by Crippen LogP contribution is 2.19. The fourth-order valence-corrected chi connectivity index (χ4v) is 2.10. The molecule has 1 unspecified atom stereocenters. The van der Waals surface area contributed by atoms with Crippen LogP contribution in [0.4, 0.5) is 0 Å². The largest absolute Gasteiger partial charge is 0.251 e. The molecule has 0 aliphatic carbocycles. The zero-order valence-corrected chi connectivity index (χ0v) is 12.2. The van der Waals surface area contributed by atoms with Gasteiger partial charge in [0.25, 0.3) is 0 Å². The van der Waals surface area contributed by atoms with Crippen molar-refractivity contribution in [1.82, 2.24) is 14.8 Å². The fraction of sp³-hybridized carbons (Fsp3) is 0.400. The van der Waals surface area contributed by atoms with Crippen LogP contribution in [0.15, 0.2) is 30.6 Å². The molecule has 104 valence electrons. The fourth-order valence-electron chi connectivity index (χ4n) is 1.97. The topological polar surface area (TPSA) is 54.5 Å². The van der Waals surface area contributed by atoms with E-state index in [0.717, 1.165) is 30.7 Å². The van der Waals surface area contributed by atoms with E-state index in [-0.39, 0.29) is 5.92 Å². The van der Waals surface area contributed by atoms with Crippen molar-refractivity contribution in [3.05, 3.63) is 47.0 Å². The van der Waals surface area contributed by atoms with Gasteiger partial charge in [-0.2, -0.15) is 10.4 Å². The molecule has 0 saturated carbocycles. The maximum Gasteiger partial charge on any atom is 0.150 e. The first-order valence-corrected chi connectivity index (χ1v) is 7.14.